The highest BCUT2D eigenvalue weighted by atomic mass is 32.2. The second-order valence-electron chi connectivity index (χ2n) is 4.25. The average molecular weight is 275 g/mol. The Hall–Kier alpha value is -1.32. The van der Waals surface area contributed by atoms with Gasteiger partial charge in [0, 0.05) is 10.5 Å². The van der Waals surface area contributed by atoms with Gasteiger partial charge in [-0.15, -0.1) is 11.8 Å². The Balaban J connectivity index is 2.49. The Morgan fingerprint density at radius 3 is 2.32 bits per heavy atom. The third kappa shape index (κ3) is 3.17. The normalized spacial score (nSPS) is 12.4. The molecule has 19 heavy (non-hydrogen) atoms. The van der Waals surface area contributed by atoms with Gasteiger partial charge < -0.3 is 5.32 Å². The highest BCUT2D eigenvalue weighted by molar-refractivity contribution is 7.98. The lowest BCUT2D eigenvalue weighted by Gasteiger charge is -2.21. The van der Waals surface area contributed by atoms with Crippen molar-refractivity contribution >= 4 is 11.8 Å². The molecular weight excluding hydrogens is 257 g/mol. The monoisotopic (exact) mass is 275 g/mol. The first-order valence-electron chi connectivity index (χ1n) is 6.38. The Morgan fingerprint density at radius 1 is 1.05 bits per heavy atom. The van der Waals surface area contributed by atoms with Gasteiger partial charge in [0.25, 0.3) is 0 Å². The summed E-state index contributed by atoms with van der Waals surface area (Å²) in [6.45, 7) is 2.83. The van der Waals surface area contributed by atoms with Crippen LogP contribution in [0.15, 0.2) is 53.4 Å². The third-order valence-corrected chi connectivity index (χ3v) is 3.89. The van der Waals surface area contributed by atoms with E-state index in [0.29, 0.717) is 5.56 Å². The van der Waals surface area contributed by atoms with Crippen LogP contribution in [0.3, 0.4) is 0 Å². The second kappa shape index (κ2) is 6.73. The zero-order valence-corrected chi connectivity index (χ0v) is 12.0. The minimum absolute atomic E-state index is 0.102. The number of hydrogen-bond donors (Lipinski definition) is 1. The maximum absolute atomic E-state index is 14.0. The Bertz CT molecular complexity index is 542. The Labute approximate surface area is 118 Å². The molecular formula is C16H18FNS. The lowest BCUT2D eigenvalue weighted by atomic mass is 9.98. The molecule has 0 aliphatic heterocycles. The number of thioether (sulfide) groups is 1. The molecule has 0 bridgehead atoms. The molecule has 0 saturated heterocycles. The molecule has 0 amide bonds. The molecule has 1 N–H and O–H groups in total. The van der Waals surface area contributed by atoms with Crippen molar-refractivity contribution in [3.63, 3.8) is 0 Å². The van der Waals surface area contributed by atoms with Crippen LogP contribution in [0.1, 0.15) is 24.1 Å². The van der Waals surface area contributed by atoms with Crippen molar-refractivity contribution in [2.45, 2.75) is 17.9 Å². The van der Waals surface area contributed by atoms with E-state index in [1.807, 2.05) is 37.4 Å². The van der Waals surface area contributed by atoms with Crippen molar-refractivity contribution in [1.82, 2.24) is 5.32 Å². The van der Waals surface area contributed by atoms with Crippen LogP contribution in [-0.4, -0.2) is 12.8 Å². The fourth-order valence-electron chi connectivity index (χ4n) is 2.21. The summed E-state index contributed by atoms with van der Waals surface area (Å²) in [5, 5.41) is 3.38. The summed E-state index contributed by atoms with van der Waals surface area (Å²) in [5.41, 5.74) is 1.83. The van der Waals surface area contributed by atoms with Gasteiger partial charge in [-0.1, -0.05) is 43.3 Å². The standard InChI is InChI=1S/C16H18FNS/c1-3-18-16(12-8-4-6-10-14(12)17)13-9-5-7-11-15(13)19-2/h4-11,16,18H,3H2,1-2H3. The van der Waals surface area contributed by atoms with Crippen molar-refractivity contribution in [2.75, 3.05) is 12.8 Å². The van der Waals surface area contributed by atoms with Gasteiger partial charge in [-0.25, -0.2) is 4.39 Å². The van der Waals surface area contributed by atoms with E-state index in [0.717, 1.165) is 12.1 Å². The third-order valence-electron chi connectivity index (χ3n) is 3.07. The first kappa shape index (κ1) is 14.1. The molecule has 1 unspecified atom stereocenters. The first-order chi connectivity index (χ1) is 9.27. The Kier molecular flexibility index (Phi) is 5.00. The molecule has 0 fully saturated rings. The number of rotatable bonds is 5. The predicted molar refractivity (Wildman–Crippen MR) is 80.1 cm³/mol. The van der Waals surface area contributed by atoms with E-state index < -0.39 is 0 Å². The van der Waals surface area contributed by atoms with Crippen LogP contribution in [0.2, 0.25) is 0 Å². The van der Waals surface area contributed by atoms with Crippen LogP contribution >= 0.6 is 11.8 Å². The minimum atomic E-state index is -0.163. The zero-order chi connectivity index (χ0) is 13.7. The summed E-state index contributed by atoms with van der Waals surface area (Å²) < 4.78 is 14.0. The molecule has 0 aromatic heterocycles. The van der Waals surface area contributed by atoms with Crippen LogP contribution in [0.5, 0.6) is 0 Å². The number of nitrogens with one attached hydrogen (secondary N) is 1. The molecule has 0 aliphatic rings. The maximum Gasteiger partial charge on any atom is 0.128 e. The van der Waals surface area contributed by atoms with Crippen molar-refractivity contribution in [2.24, 2.45) is 0 Å². The average Bonchev–Trinajstić information content (AvgIpc) is 2.46. The van der Waals surface area contributed by atoms with Crippen molar-refractivity contribution in [3.8, 4) is 0 Å². The molecule has 0 spiro atoms. The van der Waals surface area contributed by atoms with Gasteiger partial charge in [-0.2, -0.15) is 0 Å². The van der Waals surface area contributed by atoms with Crippen LogP contribution in [0.4, 0.5) is 4.39 Å². The van der Waals surface area contributed by atoms with E-state index in [-0.39, 0.29) is 11.9 Å². The molecule has 0 saturated carbocycles. The van der Waals surface area contributed by atoms with Crippen LogP contribution in [-0.2, 0) is 0 Å². The molecule has 0 aliphatic carbocycles. The number of benzene rings is 2. The summed E-state index contributed by atoms with van der Waals surface area (Å²) in [7, 11) is 0. The fraction of sp³-hybridized carbons (Fsp3) is 0.250. The summed E-state index contributed by atoms with van der Waals surface area (Å²) >= 11 is 1.69. The molecule has 2 aromatic rings. The van der Waals surface area contributed by atoms with E-state index in [1.165, 1.54) is 11.0 Å². The molecule has 3 heteroatoms. The van der Waals surface area contributed by atoms with Crippen molar-refractivity contribution < 1.29 is 4.39 Å². The number of halogens is 1. The first-order valence-corrected chi connectivity index (χ1v) is 7.61. The van der Waals surface area contributed by atoms with E-state index in [1.54, 1.807) is 17.8 Å². The Morgan fingerprint density at radius 2 is 1.68 bits per heavy atom. The smallest absolute Gasteiger partial charge is 0.128 e. The van der Waals surface area contributed by atoms with Gasteiger partial charge in [-0.3, -0.25) is 0 Å². The molecule has 1 atom stereocenters. The molecule has 0 radical (unpaired) electrons. The fourth-order valence-corrected chi connectivity index (χ4v) is 2.84. The molecule has 100 valence electrons. The van der Waals surface area contributed by atoms with Crippen LogP contribution in [0.25, 0.3) is 0 Å². The summed E-state index contributed by atoms with van der Waals surface area (Å²) in [6.07, 6.45) is 2.04. The topological polar surface area (TPSA) is 12.0 Å². The number of hydrogen-bond acceptors (Lipinski definition) is 2. The van der Waals surface area contributed by atoms with Gasteiger partial charge in [0.2, 0.25) is 0 Å². The van der Waals surface area contributed by atoms with Crippen LogP contribution in [0, 0.1) is 5.82 Å². The largest absolute Gasteiger partial charge is 0.306 e. The summed E-state index contributed by atoms with van der Waals surface area (Å²) in [5.74, 6) is -0.163. The lowest BCUT2D eigenvalue weighted by Crippen LogP contribution is -2.23. The van der Waals surface area contributed by atoms with Gasteiger partial charge in [0.1, 0.15) is 5.82 Å². The van der Waals surface area contributed by atoms with E-state index in [2.05, 4.69) is 17.4 Å². The zero-order valence-electron chi connectivity index (χ0n) is 11.2. The van der Waals surface area contributed by atoms with Gasteiger partial charge in [0.05, 0.1) is 6.04 Å². The molecule has 2 aromatic carbocycles. The minimum Gasteiger partial charge on any atom is -0.306 e. The van der Waals surface area contributed by atoms with Crippen molar-refractivity contribution in [3.05, 3.63) is 65.5 Å². The van der Waals surface area contributed by atoms with Gasteiger partial charge >= 0.3 is 0 Å². The van der Waals surface area contributed by atoms with Crippen molar-refractivity contribution in [1.29, 1.82) is 0 Å². The second-order valence-corrected chi connectivity index (χ2v) is 5.10. The van der Waals surface area contributed by atoms with Gasteiger partial charge in [0.15, 0.2) is 0 Å². The highest BCUT2D eigenvalue weighted by Crippen LogP contribution is 2.31. The SMILES string of the molecule is CCNC(c1ccccc1F)c1ccccc1SC. The van der Waals surface area contributed by atoms with E-state index in [4.69, 9.17) is 0 Å². The van der Waals surface area contributed by atoms with Crippen LogP contribution < -0.4 is 5.32 Å². The quantitative estimate of drug-likeness (QED) is 0.819. The predicted octanol–water partition coefficient (Wildman–Crippen LogP) is 4.25. The summed E-state index contributed by atoms with van der Waals surface area (Å²) in [6, 6.07) is 15.0. The highest BCUT2D eigenvalue weighted by Gasteiger charge is 2.18. The molecule has 0 heterocycles. The van der Waals surface area contributed by atoms with E-state index >= 15 is 0 Å². The maximum atomic E-state index is 14.0. The molecule has 1 nitrogen and oxygen atoms in total. The van der Waals surface area contributed by atoms with E-state index in [9.17, 15) is 4.39 Å². The summed E-state index contributed by atoms with van der Waals surface area (Å²) in [4.78, 5) is 1.18. The molecule has 2 rings (SSSR count). The lowest BCUT2D eigenvalue weighted by molar-refractivity contribution is 0.555. The van der Waals surface area contributed by atoms with Gasteiger partial charge in [-0.05, 0) is 30.5 Å².